The number of hydrogen-bond acceptors (Lipinski definition) is 11. The number of amides is 1. The zero-order valence-corrected chi connectivity index (χ0v) is 24.9. The van der Waals surface area contributed by atoms with Gasteiger partial charge < -0.3 is 35.2 Å². The van der Waals surface area contributed by atoms with Crippen molar-refractivity contribution in [3.8, 4) is 11.5 Å². The highest BCUT2D eigenvalue weighted by Gasteiger charge is 2.23. The second-order valence-corrected chi connectivity index (χ2v) is 10.6. The van der Waals surface area contributed by atoms with Gasteiger partial charge in [-0.05, 0) is 54.4 Å². The minimum absolute atomic E-state index is 0.108. The van der Waals surface area contributed by atoms with E-state index in [2.05, 4.69) is 43.8 Å². The van der Waals surface area contributed by atoms with Gasteiger partial charge in [0, 0.05) is 71.5 Å². The van der Waals surface area contributed by atoms with E-state index in [9.17, 15) is 4.79 Å². The van der Waals surface area contributed by atoms with Crippen LogP contribution in [-0.2, 0) is 19.5 Å². The van der Waals surface area contributed by atoms with Gasteiger partial charge in [-0.2, -0.15) is 15.0 Å². The summed E-state index contributed by atoms with van der Waals surface area (Å²) in [5.74, 6) is 3.00. The van der Waals surface area contributed by atoms with E-state index in [1.54, 1.807) is 21.3 Å². The molecule has 3 heterocycles. The molecule has 2 aliphatic heterocycles. The standard InChI is InChI=1S/C30H41N9O3/c1-31-27(40)22-7-5-21(6-8-22)19-33-29-34-28(32-10-12-38-15-13-37(2)14-16-38)35-30(36-29)39-11-9-23-17-25(41-3)26(42-4)18-24(23)20-39/h5-8,17-18H,9-16,19-20H2,1-4H3,(H,31,40)(H2,32,33,34,35,36). The third-order valence-electron chi connectivity index (χ3n) is 7.83. The average molecular weight is 576 g/mol. The van der Waals surface area contributed by atoms with Crippen LogP contribution in [0.1, 0.15) is 27.0 Å². The zero-order valence-electron chi connectivity index (χ0n) is 24.9. The number of nitrogens with one attached hydrogen (secondary N) is 3. The highest BCUT2D eigenvalue weighted by Crippen LogP contribution is 2.34. The van der Waals surface area contributed by atoms with Crippen molar-refractivity contribution in [1.29, 1.82) is 0 Å². The summed E-state index contributed by atoms with van der Waals surface area (Å²) < 4.78 is 11.1. The number of benzene rings is 2. The molecule has 12 nitrogen and oxygen atoms in total. The minimum Gasteiger partial charge on any atom is -0.493 e. The molecule has 2 aromatic carbocycles. The van der Waals surface area contributed by atoms with Crippen molar-refractivity contribution in [1.82, 2.24) is 30.1 Å². The smallest absolute Gasteiger partial charge is 0.251 e. The van der Waals surface area contributed by atoms with Gasteiger partial charge in [-0.15, -0.1) is 0 Å². The summed E-state index contributed by atoms with van der Waals surface area (Å²) in [7, 11) is 7.10. The molecule has 1 aromatic heterocycles. The van der Waals surface area contributed by atoms with Crippen molar-refractivity contribution in [3.05, 3.63) is 58.7 Å². The number of piperazine rings is 1. The summed E-state index contributed by atoms with van der Waals surface area (Å²) in [5.41, 5.74) is 4.04. The Morgan fingerprint density at radius 2 is 1.55 bits per heavy atom. The number of anilines is 3. The molecule has 1 fully saturated rings. The van der Waals surface area contributed by atoms with Crippen molar-refractivity contribution in [2.75, 3.05) is 89.7 Å². The molecule has 224 valence electrons. The van der Waals surface area contributed by atoms with Gasteiger partial charge in [0.15, 0.2) is 11.5 Å². The number of hydrogen-bond donors (Lipinski definition) is 3. The largest absolute Gasteiger partial charge is 0.493 e. The number of carbonyl (C=O) groups excluding carboxylic acids is 1. The lowest BCUT2D eigenvalue weighted by molar-refractivity contribution is 0.0963. The maximum absolute atomic E-state index is 11.9. The van der Waals surface area contributed by atoms with Crippen molar-refractivity contribution in [2.24, 2.45) is 0 Å². The van der Waals surface area contributed by atoms with Crippen LogP contribution >= 0.6 is 0 Å². The second-order valence-electron chi connectivity index (χ2n) is 10.6. The summed E-state index contributed by atoms with van der Waals surface area (Å²) in [4.78, 5) is 33.2. The zero-order chi connectivity index (χ0) is 29.5. The Balaban J connectivity index is 1.32. The quantitative estimate of drug-likeness (QED) is 0.312. The first-order valence-electron chi connectivity index (χ1n) is 14.4. The van der Waals surface area contributed by atoms with E-state index >= 15 is 0 Å². The van der Waals surface area contributed by atoms with Crippen molar-refractivity contribution in [2.45, 2.75) is 19.5 Å². The van der Waals surface area contributed by atoms with Crippen molar-refractivity contribution >= 4 is 23.8 Å². The van der Waals surface area contributed by atoms with Gasteiger partial charge in [-0.1, -0.05) is 12.1 Å². The molecule has 3 N–H and O–H groups in total. The van der Waals surface area contributed by atoms with E-state index in [1.165, 1.54) is 5.56 Å². The first kappa shape index (κ1) is 29.3. The van der Waals surface area contributed by atoms with E-state index in [0.717, 1.165) is 69.1 Å². The highest BCUT2D eigenvalue weighted by molar-refractivity contribution is 5.93. The van der Waals surface area contributed by atoms with Crippen LogP contribution in [0.4, 0.5) is 17.8 Å². The number of likely N-dealkylation sites (N-methyl/N-ethyl adjacent to an activating group) is 1. The lowest BCUT2D eigenvalue weighted by Crippen LogP contribution is -2.45. The molecule has 2 aliphatic rings. The van der Waals surface area contributed by atoms with Crippen LogP contribution in [-0.4, -0.2) is 105 Å². The number of fused-ring (bicyclic) bond motifs is 1. The molecule has 0 atom stereocenters. The number of carbonyl (C=O) groups is 1. The third-order valence-corrected chi connectivity index (χ3v) is 7.83. The van der Waals surface area contributed by atoms with Crippen LogP contribution in [0.15, 0.2) is 36.4 Å². The molecule has 1 amide bonds. The molecule has 12 heteroatoms. The lowest BCUT2D eigenvalue weighted by Gasteiger charge is -2.32. The predicted molar refractivity (Wildman–Crippen MR) is 164 cm³/mol. The summed E-state index contributed by atoms with van der Waals surface area (Å²) in [6.45, 7) is 7.90. The van der Waals surface area contributed by atoms with E-state index in [-0.39, 0.29) is 5.91 Å². The van der Waals surface area contributed by atoms with Crippen LogP contribution < -0.4 is 30.3 Å². The summed E-state index contributed by atoms with van der Waals surface area (Å²) in [5, 5.41) is 9.44. The molecule has 0 unspecified atom stereocenters. The Kier molecular flexibility index (Phi) is 9.55. The van der Waals surface area contributed by atoms with E-state index in [0.29, 0.717) is 42.2 Å². The number of aromatic nitrogens is 3. The van der Waals surface area contributed by atoms with Crippen LogP contribution in [0.25, 0.3) is 0 Å². The first-order chi connectivity index (χ1) is 20.4. The van der Waals surface area contributed by atoms with Gasteiger partial charge in [-0.25, -0.2) is 0 Å². The number of ether oxygens (including phenoxy) is 2. The van der Waals surface area contributed by atoms with Crippen LogP contribution in [0.3, 0.4) is 0 Å². The molecular weight excluding hydrogens is 534 g/mol. The molecule has 0 saturated carbocycles. The highest BCUT2D eigenvalue weighted by atomic mass is 16.5. The molecule has 0 spiro atoms. The molecule has 1 saturated heterocycles. The molecule has 5 rings (SSSR count). The van der Waals surface area contributed by atoms with Crippen molar-refractivity contribution in [3.63, 3.8) is 0 Å². The second kappa shape index (κ2) is 13.7. The SMILES string of the molecule is CNC(=O)c1ccc(CNc2nc(NCCN3CCN(C)CC3)nc(N3CCc4cc(OC)c(OC)cc4C3)n2)cc1. The Morgan fingerprint density at radius 3 is 2.21 bits per heavy atom. The summed E-state index contributed by atoms with van der Waals surface area (Å²) >= 11 is 0. The normalized spacial score (nSPS) is 15.6. The lowest BCUT2D eigenvalue weighted by atomic mass is 9.99. The monoisotopic (exact) mass is 575 g/mol. The maximum atomic E-state index is 11.9. The van der Waals surface area contributed by atoms with Gasteiger partial charge in [0.2, 0.25) is 17.8 Å². The van der Waals surface area contributed by atoms with E-state index in [1.807, 2.05) is 30.3 Å². The summed E-state index contributed by atoms with van der Waals surface area (Å²) in [6.07, 6.45) is 0.841. The molecular formula is C30H41N9O3. The van der Waals surface area contributed by atoms with Gasteiger partial charge in [0.1, 0.15) is 0 Å². The topological polar surface area (TPSA) is 120 Å². The average Bonchev–Trinajstić information content (AvgIpc) is 3.03. The van der Waals surface area contributed by atoms with E-state index < -0.39 is 0 Å². The Morgan fingerprint density at radius 1 is 0.881 bits per heavy atom. The van der Waals surface area contributed by atoms with Crippen molar-refractivity contribution < 1.29 is 14.3 Å². The fourth-order valence-electron chi connectivity index (χ4n) is 5.21. The fourth-order valence-corrected chi connectivity index (χ4v) is 5.21. The van der Waals surface area contributed by atoms with Crippen LogP contribution in [0.5, 0.6) is 11.5 Å². The van der Waals surface area contributed by atoms with Gasteiger partial charge in [0.25, 0.3) is 5.91 Å². The molecule has 0 bridgehead atoms. The number of methoxy groups -OCH3 is 2. The molecule has 0 radical (unpaired) electrons. The Hall–Kier alpha value is -4.16. The number of nitrogens with zero attached hydrogens (tertiary/aromatic N) is 6. The van der Waals surface area contributed by atoms with Gasteiger partial charge >= 0.3 is 0 Å². The van der Waals surface area contributed by atoms with Gasteiger partial charge in [-0.3, -0.25) is 9.69 Å². The fraction of sp³-hybridized carbons (Fsp3) is 0.467. The van der Waals surface area contributed by atoms with E-state index in [4.69, 9.17) is 24.4 Å². The maximum Gasteiger partial charge on any atom is 0.251 e. The predicted octanol–water partition coefficient (Wildman–Crippen LogP) is 2.08. The van der Waals surface area contributed by atoms with Crippen LogP contribution in [0.2, 0.25) is 0 Å². The Bertz CT molecular complexity index is 1360. The summed E-state index contributed by atoms with van der Waals surface area (Å²) in [6, 6.07) is 11.6. The first-order valence-corrected chi connectivity index (χ1v) is 14.4. The minimum atomic E-state index is -0.108. The van der Waals surface area contributed by atoms with Gasteiger partial charge in [0.05, 0.1) is 14.2 Å². The molecule has 0 aliphatic carbocycles. The number of rotatable bonds is 11. The molecule has 3 aromatic rings. The molecule has 42 heavy (non-hydrogen) atoms. The Labute approximate surface area is 247 Å². The van der Waals surface area contributed by atoms with Crippen LogP contribution in [0, 0.1) is 0 Å². The third kappa shape index (κ3) is 7.18.